The Bertz CT molecular complexity index is 977. The number of piperazine rings is 1. The zero-order valence-electron chi connectivity index (χ0n) is 21.5. The van der Waals surface area contributed by atoms with Gasteiger partial charge in [-0.3, -0.25) is 4.90 Å². The maximum atomic E-state index is 12.4. The highest BCUT2D eigenvalue weighted by molar-refractivity contribution is 5.27. The predicted octanol–water partition coefficient (Wildman–Crippen LogP) is 3.52. The van der Waals surface area contributed by atoms with Crippen LogP contribution in [0.5, 0.6) is 0 Å². The van der Waals surface area contributed by atoms with E-state index in [2.05, 4.69) is 24.1 Å². The molecular formula is C29H44N2O4. The van der Waals surface area contributed by atoms with Crippen LogP contribution in [-0.4, -0.2) is 59.0 Å². The van der Waals surface area contributed by atoms with Crippen LogP contribution in [0.25, 0.3) is 0 Å². The smallest absolute Gasteiger partial charge is 0.335 e. The van der Waals surface area contributed by atoms with Crippen molar-refractivity contribution in [1.29, 1.82) is 0 Å². The highest BCUT2D eigenvalue weighted by Crippen LogP contribution is 2.70. The molecule has 4 aliphatic carbocycles. The highest BCUT2D eigenvalue weighted by atomic mass is 16.4. The molecule has 3 N–H and O–H groups in total. The lowest BCUT2D eigenvalue weighted by molar-refractivity contribution is -0.204. The first-order valence-electron chi connectivity index (χ1n) is 14.2. The Balaban J connectivity index is 1.21. The van der Waals surface area contributed by atoms with Crippen LogP contribution < -0.4 is 10.9 Å². The van der Waals surface area contributed by atoms with Crippen LogP contribution in [0.1, 0.15) is 83.1 Å². The first kappa shape index (κ1) is 24.1. The van der Waals surface area contributed by atoms with Gasteiger partial charge in [0.25, 0.3) is 0 Å². The average molecular weight is 485 g/mol. The standard InChI is InChI=1S/C29H44N2O4/c1-27-10-7-22(31-14-13-30-21(16-31)17-32)15-20(27)4-5-25-24(27)8-11-28(2)23(9-12-29(25,28)34)19-3-6-26(33)35-18-19/h3,6,18,20-25,30,32,34H,4-5,7-17H2,1-2H3/t20-,21+,22+,23-,24+,25-,27+,28-,29+/m1/s1. The van der Waals surface area contributed by atoms with E-state index < -0.39 is 5.60 Å². The number of nitrogens with zero attached hydrogens (tertiary/aromatic N) is 1. The third-order valence-corrected chi connectivity index (χ3v) is 12.0. The first-order valence-corrected chi connectivity index (χ1v) is 14.2. The van der Waals surface area contributed by atoms with E-state index in [1.54, 1.807) is 6.26 Å². The average Bonchev–Trinajstić information content (AvgIpc) is 3.15. The van der Waals surface area contributed by atoms with E-state index in [1.165, 1.54) is 38.2 Å². The van der Waals surface area contributed by atoms with Gasteiger partial charge in [0.2, 0.25) is 0 Å². The van der Waals surface area contributed by atoms with Crippen molar-refractivity contribution in [3.05, 3.63) is 34.4 Å². The summed E-state index contributed by atoms with van der Waals surface area (Å²) in [7, 11) is 0. The van der Waals surface area contributed by atoms with E-state index in [9.17, 15) is 15.0 Å². The predicted molar refractivity (Wildman–Crippen MR) is 135 cm³/mol. The Morgan fingerprint density at radius 3 is 2.71 bits per heavy atom. The van der Waals surface area contributed by atoms with E-state index in [1.807, 2.05) is 6.07 Å². The fourth-order valence-electron chi connectivity index (χ4n) is 9.94. The zero-order valence-corrected chi connectivity index (χ0v) is 21.5. The molecule has 6 nitrogen and oxygen atoms in total. The van der Waals surface area contributed by atoms with Crippen LogP contribution in [0.4, 0.5) is 0 Å². The van der Waals surface area contributed by atoms with Gasteiger partial charge < -0.3 is 19.9 Å². The number of hydrogen-bond donors (Lipinski definition) is 3. The zero-order chi connectivity index (χ0) is 24.4. The van der Waals surface area contributed by atoms with Crippen molar-refractivity contribution in [1.82, 2.24) is 10.2 Å². The van der Waals surface area contributed by atoms with E-state index >= 15 is 0 Å². The molecule has 6 heteroatoms. The lowest BCUT2D eigenvalue weighted by Gasteiger charge is -2.64. The van der Waals surface area contributed by atoms with Crippen molar-refractivity contribution in [3.8, 4) is 0 Å². The summed E-state index contributed by atoms with van der Waals surface area (Å²) in [4.78, 5) is 14.2. The molecule has 5 fully saturated rings. The van der Waals surface area contributed by atoms with Crippen molar-refractivity contribution >= 4 is 0 Å². The van der Waals surface area contributed by atoms with E-state index in [0.29, 0.717) is 23.3 Å². The SMILES string of the molecule is C[C@]12CC[C@H](N3CCN[C@H](CO)C3)C[C@H]1CC[C@@H]1[C@@H]2CC[C@]2(C)[C@@H](c3ccc(=O)oc3)CC[C@]12O. The lowest BCUT2D eigenvalue weighted by Crippen LogP contribution is -2.63. The van der Waals surface area contributed by atoms with Gasteiger partial charge in [0.1, 0.15) is 0 Å². The molecule has 2 heterocycles. The van der Waals surface area contributed by atoms with Gasteiger partial charge in [0.05, 0.1) is 18.5 Å². The molecule has 0 aromatic carbocycles. The van der Waals surface area contributed by atoms with Crippen molar-refractivity contribution in [2.75, 3.05) is 26.2 Å². The second-order valence-electron chi connectivity index (χ2n) is 13.1. The number of fused-ring (bicyclic) bond motifs is 5. The van der Waals surface area contributed by atoms with E-state index in [4.69, 9.17) is 4.42 Å². The van der Waals surface area contributed by atoms with Crippen LogP contribution in [-0.2, 0) is 0 Å². The summed E-state index contributed by atoms with van der Waals surface area (Å²) in [6.45, 7) is 8.14. The number of aliphatic hydroxyl groups is 2. The number of aliphatic hydroxyl groups excluding tert-OH is 1. The van der Waals surface area contributed by atoms with Gasteiger partial charge in [-0.1, -0.05) is 13.8 Å². The maximum absolute atomic E-state index is 12.4. The molecule has 9 atom stereocenters. The van der Waals surface area contributed by atoms with Gasteiger partial charge in [-0.2, -0.15) is 0 Å². The quantitative estimate of drug-likeness (QED) is 0.609. The Morgan fingerprint density at radius 1 is 1.09 bits per heavy atom. The Hall–Kier alpha value is -1.21. The van der Waals surface area contributed by atoms with Gasteiger partial charge in [-0.25, -0.2) is 4.79 Å². The topological polar surface area (TPSA) is 85.9 Å². The van der Waals surface area contributed by atoms with Crippen LogP contribution in [0.15, 0.2) is 27.6 Å². The third kappa shape index (κ3) is 3.61. The summed E-state index contributed by atoms with van der Waals surface area (Å²) in [5.74, 6) is 1.96. The minimum absolute atomic E-state index is 0.158. The molecule has 35 heavy (non-hydrogen) atoms. The van der Waals surface area contributed by atoms with Crippen LogP contribution in [0.3, 0.4) is 0 Å². The molecule has 1 aromatic heterocycles. The van der Waals surface area contributed by atoms with Crippen molar-refractivity contribution < 1.29 is 14.6 Å². The van der Waals surface area contributed by atoms with Crippen molar-refractivity contribution in [3.63, 3.8) is 0 Å². The second kappa shape index (κ2) is 8.68. The molecule has 194 valence electrons. The molecule has 4 saturated carbocycles. The molecule has 0 spiro atoms. The fraction of sp³-hybridized carbons (Fsp3) is 0.828. The molecular weight excluding hydrogens is 440 g/mol. The van der Waals surface area contributed by atoms with Gasteiger partial charge in [0, 0.05) is 43.2 Å². The Kier molecular flexibility index (Phi) is 5.99. The number of hydrogen-bond acceptors (Lipinski definition) is 6. The molecule has 0 bridgehead atoms. The summed E-state index contributed by atoms with van der Waals surface area (Å²) >= 11 is 0. The molecule has 0 amide bonds. The summed E-state index contributed by atoms with van der Waals surface area (Å²) in [5, 5.41) is 25.5. The van der Waals surface area contributed by atoms with Gasteiger partial charge in [0.15, 0.2) is 0 Å². The first-order chi connectivity index (χ1) is 16.8. The number of nitrogens with one attached hydrogen (secondary N) is 1. The van der Waals surface area contributed by atoms with Crippen molar-refractivity contribution in [2.45, 2.75) is 95.2 Å². The lowest BCUT2D eigenvalue weighted by atomic mass is 9.43. The molecule has 5 aliphatic rings. The number of rotatable bonds is 3. The van der Waals surface area contributed by atoms with Crippen LogP contribution in [0.2, 0.25) is 0 Å². The molecule has 1 aliphatic heterocycles. The summed E-state index contributed by atoms with van der Waals surface area (Å²) in [6.07, 6.45) is 11.9. The van der Waals surface area contributed by atoms with Crippen LogP contribution in [0, 0.1) is 28.6 Å². The monoisotopic (exact) mass is 484 g/mol. The fourth-order valence-corrected chi connectivity index (χ4v) is 9.94. The van der Waals surface area contributed by atoms with Gasteiger partial charge in [-0.15, -0.1) is 0 Å². The summed E-state index contributed by atoms with van der Waals surface area (Å²) in [5.41, 5.74) is 0.311. The molecule has 6 rings (SSSR count). The van der Waals surface area contributed by atoms with Gasteiger partial charge in [-0.05, 0) is 98.5 Å². The molecule has 1 saturated heterocycles. The largest absolute Gasteiger partial charge is 0.431 e. The molecule has 1 aromatic rings. The second-order valence-corrected chi connectivity index (χ2v) is 13.1. The Morgan fingerprint density at radius 2 is 1.94 bits per heavy atom. The Labute approximate surface area is 209 Å². The maximum Gasteiger partial charge on any atom is 0.335 e. The normalized spacial score (nSPS) is 48.1. The minimum atomic E-state index is -0.631. The summed E-state index contributed by atoms with van der Waals surface area (Å²) < 4.78 is 5.24. The van der Waals surface area contributed by atoms with Crippen LogP contribution >= 0.6 is 0 Å². The van der Waals surface area contributed by atoms with E-state index in [-0.39, 0.29) is 29.6 Å². The minimum Gasteiger partial charge on any atom is -0.431 e. The van der Waals surface area contributed by atoms with E-state index in [0.717, 1.165) is 56.8 Å². The highest BCUT2D eigenvalue weighted by Gasteiger charge is 2.67. The summed E-state index contributed by atoms with van der Waals surface area (Å²) in [6, 6.07) is 4.32. The van der Waals surface area contributed by atoms with Gasteiger partial charge >= 0.3 is 5.63 Å². The molecule has 0 unspecified atom stereocenters. The third-order valence-electron chi connectivity index (χ3n) is 12.0. The molecule has 0 radical (unpaired) electrons. The van der Waals surface area contributed by atoms with Crippen molar-refractivity contribution in [2.24, 2.45) is 28.6 Å².